The van der Waals surface area contributed by atoms with Crippen LogP contribution in [0.5, 0.6) is 0 Å². The molecule has 1 unspecified atom stereocenters. The van der Waals surface area contributed by atoms with Gasteiger partial charge in [0.25, 0.3) is 10.0 Å². The molecule has 2 aromatic rings. The van der Waals surface area contributed by atoms with Gasteiger partial charge >= 0.3 is 0 Å². The predicted molar refractivity (Wildman–Crippen MR) is 145 cm³/mol. The van der Waals surface area contributed by atoms with Gasteiger partial charge in [-0.3, -0.25) is 9.21 Å². The summed E-state index contributed by atoms with van der Waals surface area (Å²) in [5, 5.41) is 2.37. The average Bonchev–Trinajstić information content (AvgIpc) is 3.22. The monoisotopic (exact) mass is 578 g/mol. The molecule has 0 bridgehead atoms. The normalized spacial score (nSPS) is 18.3. The summed E-state index contributed by atoms with van der Waals surface area (Å²) >= 11 is 18.6. The van der Waals surface area contributed by atoms with E-state index in [1.165, 1.54) is 40.2 Å². The lowest BCUT2D eigenvalue weighted by Crippen LogP contribution is -2.39. The van der Waals surface area contributed by atoms with E-state index >= 15 is 0 Å². The molecule has 1 saturated heterocycles. The van der Waals surface area contributed by atoms with Crippen LogP contribution in [0.4, 0.5) is 5.69 Å². The zero-order valence-corrected chi connectivity index (χ0v) is 23.5. The van der Waals surface area contributed by atoms with Crippen LogP contribution in [0.25, 0.3) is 0 Å². The highest BCUT2D eigenvalue weighted by molar-refractivity contribution is 7.93. The van der Waals surface area contributed by atoms with Crippen molar-refractivity contribution < 1.29 is 16.8 Å². The molecular formula is C24H29Cl3N2O4S2. The van der Waals surface area contributed by atoms with Gasteiger partial charge in [-0.1, -0.05) is 40.9 Å². The van der Waals surface area contributed by atoms with Crippen molar-refractivity contribution in [2.45, 2.75) is 49.6 Å². The predicted octanol–water partition coefficient (Wildman–Crippen LogP) is 6.03. The average molecular weight is 580 g/mol. The van der Waals surface area contributed by atoms with Crippen molar-refractivity contribution in [2.75, 3.05) is 23.7 Å². The van der Waals surface area contributed by atoms with Crippen molar-refractivity contribution in [3.63, 3.8) is 0 Å². The van der Waals surface area contributed by atoms with E-state index in [-0.39, 0.29) is 16.0 Å². The fourth-order valence-corrected chi connectivity index (χ4v) is 6.98. The van der Waals surface area contributed by atoms with Crippen LogP contribution in [0.2, 0.25) is 15.1 Å². The Balaban J connectivity index is 1.81. The molecule has 0 amide bonds. The van der Waals surface area contributed by atoms with E-state index in [2.05, 4.69) is 4.90 Å². The van der Waals surface area contributed by atoms with Gasteiger partial charge in [0.2, 0.25) is 0 Å². The lowest BCUT2D eigenvalue weighted by molar-refractivity contribution is 0.281. The quantitative estimate of drug-likeness (QED) is 0.343. The molecule has 35 heavy (non-hydrogen) atoms. The number of likely N-dealkylation sites (tertiary alicyclic amines) is 1. The lowest BCUT2D eigenvalue weighted by atomic mass is 10.1. The second kappa shape index (κ2) is 11.8. The maximum absolute atomic E-state index is 13.7. The Bertz CT molecular complexity index is 1270. The zero-order chi connectivity index (χ0) is 25.8. The molecule has 1 heterocycles. The van der Waals surface area contributed by atoms with Crippen molar-refractivity contribution in [1.82, 2.24) is 4.90 Å². The van der Waals surface area contributed by atoms with Gasteiger partial charge in [-0.2, -0.15) is 0 Å². The summed E-state index contributed by atoms with van der Waals surface area (Å²) in [6.45, 7) is 3.44. The Morgan fingerprint density at radius 2 is 1.71 bits per heavy atom. The van der Waals surface area contributed by atoms with Crippen LogP contribution in [0.1, 0.15) is 32.6 Å². The second-order valence-electron chi connectivity index (χ2n) is 8.75. The number of hydrogen-bond donors (Lipinski definition) is 0. The van der Waals surface area contributed by atoms with Crippen LogP contribution in [0.15, 0.2) is 58.8 Å². The van der Waals surface area contributed by atoms with Gasteiger partial charge in [0.15, 0.2) is 9.84 Å². The summed E-state index contributed by atoms with van der Waals surface area (Å²) in [7, 11) is -7.13. The maximum Gasteiger partial charge on any atom is 0.264 e. The molecule has 0 aliphatic carbocycles. The van der Waals surface area contributed by atoms with Crippen molar-refractivity contribution in [2.24, 2.45) is 0 Å². The van der Waals surface area contributed by atoms with E-state index in [1.54, 1.807) is 24.3 Å². The number of sulfonamides is 1. The maximum atomic E-state index is 13.7. The SMILES string of the molecule is C[C@H](CCCN1CCCC1/C=C/S(C)(=O)=O)N(c1cc(Cl)ccc1Cl)S(=O)(=O)c1ccc(Cl)cc1. The molecule has 1 fully saturated rings. The summed E-state index contributed by atoms with van der Waals surface area (Å²) in [5.74, 6) is 0. The molecule has 6 nitrogen and oxygen atoms in total. The fraction of sp³-hybridized carbons (Fsp3) is 0.417. The molecule has 0 saturated carbocycles. The Morgan fingerprint density at radius 3 is 2.37 bits per heavy atom. The number of benzene rings is 2. The molecule has 3 rings (SSSR count). The third-order valence-electron chi connectivity index (χ3n) is 5.95. The molecule has 192 valence electrons. The number of hydrogen-bond acceptors (Lipinski definition) is 5. The number of halogens is 3. The van der Waals surface area contributed by atoms with E-state index in [9.17, 15) is 16.8 Å². The van der Waals surface area contributed by atoms with Crippen molar-refractivity contribution in [3.05, 3.63) is 69.0 Å². The molecule has 0 radical (unpaired) electrons. The van der Waals surface area contributed by atoms with Crippen LogP contribution in [-0.2, 0) is 19.9 Å². The molecule has 1 aliphatic heterocycles. The van der Waals surface area contributed by atoms with Gasteiger partial charge in [-0.05, 0) is 88.2 Å². The fourth-order valence-electron chi connectivity index (χ4n) is 4.27. The molecule has 2 atom stereocenters. The smallest absolute Gasteiger partial charge is 0.264 e. The van der Waals surface area contributed by atoms with Gasteiger partial charge in [0.1, 0.15) is 0 Å². The molecule has 11 heteroatoms. The standard InChI is InChI=1S/C24H29Cl3N2O4S2/c1-18(5-3-14-28-15-4-6-21(28)13-16-34(2,30)31)29(24-17-20(26)9-12-23(24)27)35(32,33)22-10-7-19(25)8-11-22/h7-13,16-18,21H,3-6,14-15H2,1-2H3/b16-13+/t18-,21?/m1/s1. The molecule has 0 N–H and O–H groups in total. The van der Waals surface area contributed by atoms with Gasteiger partial charge in [-0.15, -0.1) is 0 Å². The Morgan fingerprint density at radius 1 is 1.06 bits per heavy atom. The Kier molecular flexibility index (Phi) is 9.57. The Labute approximate surface area is 223 Å². The van der Waals surface area contributed by atoms with Crippen LogP contribution in [-0.4, -0.2) is 53.2 Å². The summed E-state index contributed by atoms with van der Waals surface area (Å²) < 4.78 is 51.7. The summed E-state index contributed by atoms with van der Waals surface area (Å²) in [4.78, 5) is 2.34. The van der Waals surface area contributed by atoms with Gasteiger partial charge in [0.05, 0.1) is 15.6 Å². The highest BCUT2D eigenvalue weighted by Gasteiger charge is 2.31. The number of rotatable bonds is 10. The minimum Gasteiger partial charge on any atom is -0.297 e. The number of sulfone groups is 1. The first kappa shape index (κ1) is 28.3. The largest absolute Gasteiger partial charge is 0.297 e. The van der Waals surface area contributed by atoms with E-state index in [0.717, 1.165) is 32.4 Å². The molecule has 0 aromatic heterocycles. The molecule has 1 aliphatic rings. The summed E-state index contributed by atoms with van der Waals surface area (Å²) in [5.41, 5.74) is 0.316. The van der Waals surface area contributed by atoms with Crippen molar-refractivity contribution in [1.29, 1.82) is 0 Å². The van der Waals surface area contributed by atoms with Gasteiger partial charge in [0, 0.05) is 33.8 Å². The van der Waals surface area contributed by atoms with Crippen LogP contribution >= 0.6 is 34.8 Å². The minimum absolute atomic E-state index is 0.0660. The van der Waals surface area contributed by atoms with Crippen LogP contribution in [0.3, 0.4) is 0 Å². The first-order valence-electron chi connectivity index (χ1n) is 11.3. The summed E-state index contributed by atoms with van der Waals surface area (Å²) in [6, 6.07) is 10.4. The van der Waals surface area contributed by atoms with Crippen molar-refractivity contribution >= 4 is 60.4 Å². The van der Waals surface area contributed by atoms with Crippen LogP contribution < -0.4 is 4.31 Å². The highest BCUT2D eigenvalue weighted by Crippen LogP contribution is 2.35. The molecule has 0 spiro atoms. The number of nitrogens with zero attached hydrogens (tertiary/aromatic N) is 2. The molecular weight excluding hydrogens is 551 g/mol. The minimum atomic E-state index is -3.95. The van der Waals surface area contributed by atoms with E-state index in [0.29, 0.717) is 22.2 Å². The number of anilines is 1. The first-order valence-corrected chi connectivity index (χ1v) is 15.8. The highest BCUT2D eigenvalue weighted by atomic mass is 35.5. The second-order valence-corrected chi connectivity index (χ2v) is 13.8. The van der Waals surface area contributed by atoms with E-state index in [1.807, 2.05) is 6.92 Å². The van der Waals surface area contributed by atoms with Crippen LogP contribution in [0, 0.1) is 0 Å². The molecule has 2 aromatic carbocycles. The third kappa shape index (κ3) is 7.60. The topological polar surface area (TPSA) is 74.8 Å². The zero-order valence-electron chi connectivity index (χ0n) is 19.6. The third-order valence-corrected chi connectivity index (χ3v) is 9.35. The first-order chi connectivity index (χ1) is 16.4. The van der Waals surface area contributed by atoms with Gasteiger partial charge in [-0.25, -0.2) is 16.8 Å². The van der Waals surface area contributed by atoms with E-state index < -0.39 is 25.9 Å². The van der Waals surface area contributed by atoms with Gasteiger partial charge < -0.3 is 0 Å². The summed E-state index contributed by atoms with van der Waals surface area (Å²) in [6.07, 6.45) is 6.10. The van der Waals surface area contributed by atoms with E-state index in [4.69, 9.17) is 34.8 Å². The lowest BCUT2D eigenvalue weighted by Gasteiger charge is -2.32. The Hall–Kier alpha value is -1.29. The van der Waals surface area contributed by atoms with Crippen molar-refractivity contribution in [3.8, 4) is 0 Å².